The number of allylic oxidation sites excluding steroid dienone is 2. The summed E-state index contributed by atoms with van der Waals surface area (Å²) in [6, 6.07) is 11.8. The fraction of sp³-hybridized carbons (Fsp3) is 0.0833. The van der Waals surface area contributed by atoms with E-state index in [0.717, 1.165) is 0 Å². The molecule has 0 unspecified atom stereocenters. The lowest BCUT2D eigenvalue weighted by Gasteiger charge is -1.87. The molecule has 0 atom stereocenters. The van der Waals surface area contributed by atoms with Gasteiger partial charge >= 0.3 is 0 Å². The zero-order valence-corrected chi connectivity index (χ0v) is 8.61. The molecule has 1 aromatic rings. The minimum atomic E-state index is 0.578. The first-order chi connectivity index (χ1) is 6.85. The van der Waals surface area contributed by atoms with Crippen LogP contribution >= 0.6 is 11.6 Å². The molecule has 0 saturated carbocycles. The number of rotatable bonds is 2. The maximum atomic E-state index is 7.51. The standard InChI is InChI=1S/C9H9Cl.C3H3N/c10-8-4-7-9-5-2-1-3-6-9;1-2-3-4/h1-7H,8H2;2H,1H2. The number of benzene rings is 1. The maximum absolute atomic E-state index is 7.51. The molecule has 0 aliphatic rings. The van der Waals surface area contributed by atoms with Gasteiger partial charge in [0.05, 0.1) is 6.07 Å². The van der Waals surface area contributed by atoms with Crippen molar-refractivity contribution in [2.45, 2.75) is 0 Å². The zero-order chi connectivity index (χ0) is 10.6. The molecule has 0 aromatic heterocycles. The fourth-order valence-corrected chi connectivity index (χ4v) is 0.834. The van der Waals surface area contributed by atoms with Crippen molar-refractivity contribution in [1.82, 2.24) is 0 Å². The van der Waals surface area contributed by atoms with Crippen molar-refractivity contribution in [3.63, 3.8) is 0 Å². The average molecular weight is 206 g/mol. The topological polar surface area (TPSA) is 23.8 Å². The Balaban J connectivity index is 0.000000364. The monoisotopic (exact) mass is 205 g/mol. The van der Waals surface area contributed by atoms with Crippen LogP contribution in [0.2, 0.25) is 0 Å². The highest BCUT2D eigenvalue weighted by Crippen LogP contribution is 2.00. The summed E-state index contributed by atoms with van der Waals surface area (Å²) in [5.41, 5.74) is 1.20. The summed E-state index contributed by atoms with van der Waals surface area (Å²) in [7, 11) is 0. The van der Waals surface area contributed by atoms with Crippen molar-refractivity contribution in [1.29, 1.82) is 5.26 Å². The molecule has 2 heteroatoms. The van der Waals surface area contributed by atoms with Crippen LogP contribution in [-0.4, -0.2) is 5.88 Å². The minimum Gasteiger partial charge on any atom is -0.193 e. The highest BCUT2D eigenvalue weighted by molar-refractivity contribution is 6.19. The van der Waals surface area contributed by atoms with Gasteiger partial charge in [-0.05, 0) is 5.56 Å². The summed E-state index contributed by atoms with van der Waals surface area (Å²) < 4.78 is 0. The lowest BCUT2D eigenvalue weighted by Crippen LogP contribution is -1.67. The number of nitrogens with zero attached hydrogens (tertiary/aromatic N) is 1. The molecule has 14 heavy (non-hydrogen) atoms. The second kappa shape index (κ2) is 9.57. The Morgan fingerprint density at radius 1 is 1.36 bits per heavy atom. The van der Waals surface area contributed by atoms with E-state index in [0.29, 0.717) is 5.88 Å². The molecule has 0 fully saturated rings. The minimum absolute atomic E-state index is 0.578. The van der Waals surface area contributed by atoms with Gasteiger partial charge in [0, 0.05) is 12.0 Å². The van der Waals surface area contributed by atoms with Gasteiger partial charge in [0.1, 0.15) is 0 Å². The maximum Gasteiger partial charge on any atom is 0.0905 e. The molecule has 72 valence electrons. The van der Waals surface area contributed by atoms with Crippen molar-refractivity contribution >= 4 is 17.7 Å². The van der Waals surface area contributed by atoms with E-state index in [9.17, 15) is 0 Å². The predicted molar refractivity (Wildman–Crippen MR) is 62.0 cm³/mol. The number of nitriles is 1. The molecule has 1 rings (SSSR count). The van der Waals surface area contributed by atoms with Crippen LogP contribution in [0.4, 0.5) is 0 Å². The molecule has 0 amide bonds. The smallest absolute Gasteiger partial charge is 0.0905 e. The molecule has 0 N–H and O–H groups in total. The second-order valence-corrected chi connectivity index (χ2v) is 2.61. The molecular weight excluding hydrogens is 194 g/mol. The first-order valence-corrected chi connectivity index (χ1v) is 4.66. The lowest BCUT2D eigenvalue weighted by atomic mass is 10.2. The average Bonchev–Trinajstić information content (AvgIpc) is 2.28. The Kier molecular flexibility index (Phi) is 8.53. The van der Waals surface area contributed by atoms with Crippen LogP contribution in [0, 0.1) is 11.3 Å². The van der Waals surface area contributed by atoms with Crippen LogP contribution < -0.4 is 0 Å². The molecule has 0 saturated heterocycles. The molecule has 0 heterocycles. The van der Waals surface area contributed by atoms with Gasteiger partial charge in [-0.1, -0.05) is 49.1 Å². The highest BCUT2D eigenvalue weighted by Gasteiger charge is 1.79. The van der Waals surface area contributed by atoms with Crippen LogP contribution in [0.3, 0.4) is 0 Å². The lowest BCUT2D eigenvalue weighted by molar-refractivity contribution is 1.54. The third kappa shape index (κ3) is 7.15. The molecule has 1 aromatic carbocycles. The summed E-state index contributed by atoms with van der Waals surface area (Å²) in [5, 5.41) is 7.51. The van der Waals surface area contributed by atoms with Crippen LogP contribution in [-0.2, 0) is 0 Å². The van der Waals surface area contributed by atoms with Crippen LogP contribution in [0.5, 0.6) is 0 Å². The Bertz CT molecular complexity index is 309. The molecular formula is C12H12ClN. The summed E-state index contributed by atoms with van der Waals surface area (Å²) in [6.07, 6.45) is 5.11. The van der Waals surface area contributed by atoms with E-state index in [1.54, 1.807) is 6.07 Å². The van der Waals surface area contributed by atoms with Gasteiger partial charge in [0.15, 0.2) is 0 Å². The SMILES string of the molecule is C=CC#N.ClCC=Cc1ccccc1. The normalized spacial score (nSPS) is 8.57. The van der Waals surface area contributed by atoms with Gasteiger partial charge in [-0.15, -0.1) is 11.6 Å². The van der Waals surface area contributed by atoms with Crippen molar-refractivity contribution in [2.24, 2.45) is 0 Å². The first kappa shape index (κ1) is 12.5. The van der Waals surface area contributed by atoms with Gasteiger partial charge in [-0.3, -0.25) is 0 Å². The molecule has 0 aliphatic carbocycles. The Hall–Kier alpha value is -1.52. The van der Waals surface area contributed by atoms with Crippen LogP contribution in [0.25, 0.3) is 6.08 Å². The van der Waals surface area contributed by atoms with Gasteiger partial charge in [-0.25, -0.2) is 0 Å². The molecule has 0 radical (unpaired) electrons. The Morgan fingerprint density at radius 2 is 1.93 bits per heavy atom. The predicted octanol–water partition coefficient (Wildman–Crippen LogP) is 3.63. The fourth-order valence-electron chi connectivity index (χ4n) is 0.745. The Labute approximate surface area is 89.9 Å². The number of halogens is 1. The summed E-state index contributed by atoms with van der Waals surface area (Å²) in [6.45, 7) is 3.12. The van der Waals surface area contributed by atoms with Gasteiger partial charge in [-0.2, -0.15) is 5.26 Å². The number of alkyl halides is 1. The first-order valence-electron chi connectivity index (χ1n) is 4.13. The third-order valence-corrected chi connectivity index (χ3v) is 1.47. The van der Waals surface area contributed by atoms with Crippen molar-refractivity contribution in [3.8, 4) is 6.07 Å². The molecule has 1 nitrogen and oxygen atoms in total. The summed E-state index contributed by atoms with van der Waals surface area (Å²) in [5.74, 6) is 0.578. The third-order valence-electron chi connectivity index (χ3n) is 1.29. The molecule has 0 bridgehead atoms. The number of hydrogen-bond donors (Lipinski definition) is 0. The van der Waals surface area contributed by atoms with Crippen molar-refractivity contribution < 1.29 is 0 Å². The van der Waals surface area contributed by atoms with E-state index in [1.165, 1.54) is 11.6 Å². The van der Waals surface area contributed by atoms with E-state index in [2.05, 4.69) is 6.58 Å². The molecule has 0 aliphatic heterocycles. The van der Waals surface area contributed by atoms with Crippen molar-refractivity contribution in [3.05, 3.63) is 54.6 Å². The van der Waals surface area contributed by atoms with E-state index in [-0.39, 0.29) is 0 Å². The summed E-state index contributed by atoms with van der Waals surface area (Å²) in [4.78, 5) is 0. The second-order valence-electron chi connectivity index (χ2n) is 2.30. The summed E-state index contributed by atoms with van der Waals surface area (Å²) >= 11 is 5.46. The van der Waals surface area contributed by atoms with E-state index in [4.69, 9.17) is 16.9 Å². The van der Waals surface area contributed by atoms with Gasteiger partial charge in [0.25, 0.3) is 0 Å². The number of hydrogen-bond acceptors (Lipinski definition) is 1. The van der Waals surface area contributed by atoms with E-state index < -0.39 is 0 Å². The van der Waals surface area contributed by atoms with E-state index in [1.807, 2.05) is 42.5 Å². The van der Waals surface area contributed by atoms with Crippen molar-refractivity contribution in [2.75, 3.05) is 5.88 Å². The van der Waals surface area contributed by atoms with Crippen LogP contribution in [0.15, 0.2) is 49.1 Å². The Morgan fingerprint density at radius 3 is 2.36 bits per heavy atom. The van der Waals surface area contributed by atoms with E-state index >= 15 is 0 Å². The largest absolute Gasteiger partial charge is 0.193 e. The quantitative estimate of drug-likeness (QED) is 0.534. The zero-order valence-electron chi connectivity index (χ0n) is 7.86. The highest BCUT2D eigenvalue weighted by atomic mass is 35.5. The van der Waals surface area contributed by atoms with Crippen LogP contribution in [0.1, 0.15) is 5.56 Å². The molecule has 0 spiro atoms. The van der Waals surface area contributed by atoms with Gasteiger partial charge < -0.3 is 0 Å². The van der Waals surface area contributed by atoms with Gasteiger partial charge in [0.2, 0.25) is 0 Å².